The van der Waals surface area contributed by atoms with Crippen LogP contribution in [0.2, 0.25) is 0 Å². The highest BCUT2D eigenvalue weighted by atomic mass is 15.2. The van der Waals surface area contributed by atoms with E-state index in [1.54, 1.807) is 0 Å². The Hall–Kier alpha value is -1.31. The van der Waals surface area contributed by atoms with Crippen molar-refractivity contribution in [1.29, 1.82) is 0 Å². The summed E-state index contributed by atoms with van der Waals surface area (Å²) in [5.74, 6) is 1.04. The lowest BCUT2D eigenvalue weighted by atomic mass is 10.2. The Bertz CT molecular complexity index is 282. The van der Waals surface area contributed by atoms with Crippen molar-refractivity contribution >= 4 is 5.84 Å². The lowest BCUT2D eigenvalue weighted by molar-refractivity contribution is 0.719. The highest BCUT2D eigenvalue weighted by Crippen LogP contribution is 2.11. The van der Waals surface area contributed by atoms with Crippen LogP contribution in [-0.4, -0.2) is 17.3 Å². The van der Waals surface area contributed by atoms with E-state index in [0.29, 0.717) is 0 Å². The molecule has 2 aliphatic heterocycles. The number of allylic oxidation sites excluding steroid dienone is 2. The first-order chi connectivity index (χ1) is 5.36. The predicted molar refractivity (Wildman–Crippen MR) is 46.2 cm³/mol. The number of hydrogen-bond donors (Lipinski definition) is 0. The van der Waals surface area contributed by atoms with E-state index in [1.165, 1.54) is 5.57 Å². The van der Waals surface area contributed by atoms with Crippen molar-refractivity contribution in [3.8, 4) is 0 Å². The Morgan fingerprint density at radius 1 is 1.45 bits per heavy atom. The molecule has 0 N–H and O–H groups in total. The predicted octanol–water partition coefficient (Wildman–Crippen LogP) is 1.69. The molecule has 2 nitrogen and oxygen atoms in total. The van der Waals surface area contributed by atoms with Crippen LogP contribution in [0.3, 0.4) is 0 Å². The number of rotatable bonds is 0. The second-order valence-electron chi connectivity index (χ2n) is 2.76. The van der Waals surface area contributed by atoms with E-state index in [-0.39, 0.29) is 0 Å². The van der Waals surface area contributed by atoms with Crippen LogP contribution in [0.25, 0.3) is 0 Å². The van der Waals surface area contributed by atoms with Crippen molar-refractivity contribution in [2.75, 3.05) is 6.54 Å². The minimum absolute atomic E-state index is 0.837. The second-order valence-corrected chi connectivity index (χ2v) is 2.76. The molecule has 0 aliphatic carbocycles. The summed E-state index contributed by atoms with van der Waals surface area (Å²) in [6.07, 6.45) is 10.2. The zero-order valence-electron chi connectivity index (χ0n) is 6.49. The van der Waals surface area contributed by atoms with E-state index >= 15 is 0 Å². The van der Waals surface area contributed by atoms with Crippen LogP contribution in [0.4, 0.5) is 0 Å². The standard InChI is InChI=1S/C9H10N2/c1-8-6-10-9-4-2-3-5-11(9)7-8/h2-5,7H,6H2,1H3. The van der Waals surface area contributed by atoms with Gasteiger partial charge in [0.2, 0.25) is 0 Å². The minimum atomic E-state index is 0.837. The van der Waals surface area contributed by atoms with Crippen LogP contribution < -0.4 is 0 Å². The Morgan fingerprint density at radius 2 is 2.36 bits per heavy atom. The molecule has 0 aromatic heterocycles. The fourth-order valence-electron chi connectivity index (χ4n) is 1.17. The van der Waals surface area contributed by atoms with Crippen molar-refractivity contribution in [2.45, 2.75) is 6.92 Å². The van der Waals surface area contributed by atoms with Gasteiger partial charge >= 0.3 is 0 Å². The van der Waals surface area contributed by atoms with Crippen LogP contribution >= 0.6 is 0 Å². The van der Waals surface area contributed by atoms with E-state index < -0.39 is 0 Å². The number of hydrogen-bond acceptors (Lipinski definition) is 2. The first-order valence-corrected chi connectivity index (χ1v) is 3.71. The SMILES string of the molecule is CC1=CN2C=CC=CC2=NC1. The molecule has 0 unspecified atom stereocenters. The van der Waals surface area contributed by atoms with Gasteiger partial charge in [-0.25, -0.2) is 0 Å². The average molecular weight is 146 g/mol. The Morgan fingerprint density at radius 3 is 3.27 bits per heavy atom. The molecule has 2 heterocycles. The van der Waals surface area contributed by atoms with Gasteiger partial charge in [0.05, 0.1) is 6.54 Å². The molecule has 0 saturated carbocycles. The summed E-state index contributed by atoms with van der Waals surface area (Å²) in [6.45, 7) is 2.93. The molecule has 0 radical (unpaired) electrons. The Kier molecular flexibility index (Phi) is 1.39. The summed E-state index contributed by atoms with van der Waals surface area (Å²) < 4.78 is 0. The first-order valence-electron chi connectivity index (χ1n) is 3.71. The third-order valence-corrected chi connectivity index (χ3v) is 1.72. The molecule has 0 spiro atoms. The topological polar surface area (TPSA) is 15.6 Å². The lowest BCUT2D eigenvalue weighted by Gasteiger charge is -2.22. The van der Waals surface area contributed by atoms with Crippen molar-refractivity contribution in [2.24, 2.45) is 4.99 Å². The fraction of sp³-hybridized carbons (Fsp3) is 0.222. The van der Waals surface area contributed by atoms with E-state index in [1.807, 2.05) is 29.3 Å². The zero-order chi connectivity index (χ0) is 7.68. The van der Waals surface area contributed by atoms with Gasteiger partial charge in [-0.1, -0.05) is 6.08 Å². The smallest absolute Gasteiger partial charge is 0.131 e. The normalized spacial score (nSPS) is 21.0. The quantitative estimate of drug-likeness (QED) is 0.507. The summed E-state index contributed by atoms with van der Waals surface area (Å²) in [7, 11) is 0. The van der Waals surface area contributed by atoms with Gasteiger partial charge in [0.1, 0.15) is 5.84 Å². The minimum Gasteiger partial charge on any atom is -0.309 e. The third-order valence-electron chi connectivity index (χ3n) is 1.72. The fourth-order valence-corrected chi connectivity index (χ4v) is 1.17. The van der Waals surface area contributed by atoms with Gasteiger partial charge < -0.3 is 4.90 Å². The van der Waals surface area contributed by atoms with Gasteiger partial charge in [-0.3, -0.25) is 4.99 Å². The molecular weight excluding hydrogens is 136 g/mol. The summed E-state index contributed by atoms with van der Waals surface area (Å²) in [6, 6.07) is 0. The number of amidine groups is 1. The molecule has 2 aliphatic rings. The molecule has 0 bridgehead atoms. The number of nitrogens with zero attached hydrogens (tertiary/aromatic N) is 2. The lowest BCUT2D eigenvalue weighted by Crippen LogP contribution is -2.23. The monoisotopic (exact) mass is 146 g/mol. The third kappa shape index (κ3) is 1.11. The summed E-state index contributed by atoms with van der Waals surface area (Å²) in [5.41, 5.74) is 1.30. The molecule has 0 fully saturated rings. The molecular formula is C9H10N2. The van der Waals surface area contributed by atoms with Crippen LogP contribution in [0.1, 0.15) is 6.92 Å². The van der Waals surface area contributed by atoms with Crippen molar-refractivity contribution in [3.63, 3.8) is 0 Å². The van der Waals surface area contributed by atoms with Gasteiger partial charge in [-0.15, -0.1) is 0 Å². The Labute approximate surface area is 66.2 Å². The van der Waals surface area contributed by atoms with Crippen LogP contribution in [-0.2, 0) is 0 Å². The highest BCUT2D eigenvalue weighted by Gasteiger charge is 2.09. The maximum absolute atomic E-state index is 4.37. The largest absolute Gasteiger partial charge is 0.309 e. The highest BCUT2D eigenvalue weighted by molar-refractivity contribution is 5.96. The summed E-state index contributed by atoms with van der Waals surface area (Å²) in [4.78, 5) is 6.41. The maximum Gasteiger partial charge on any atom is 0.131 e. The van der Waals surface area contributed by atoms with E-state index in [4.69, 9.17) is 0 Å². The van der Waals surface area contributed by atoms with Crippen LogP contribution in [0, 0.1) is 0 Å². The van der Waals surface area contributed by atoms with Gasteiger partial charge in [0.25, 0.3) is 0 Å². The molecule has 0 atom stereocenters. The molecule has 0 aromatic carbocycles. The molecule has 0 amide bonds. The summed E-state index contributed by atoms with van der Waals surface area (Å²) in [5, 5.41) is 0. The number of aliphatic imine (C=N–C) groups is 1. The van der Waals surface area contributed by atoms with Crippen molar-refractivity contribution in [1.82, 2.24) is 4.90 Å². The molecule has 0 saturated heterocycles. The van der Waals surface area contributed by atoms with E-state index in [2.05, 4.69) is 18.1 Å². The molecule has 0 aromatic rings. The van der Waals surface area contributed by atoms with Gasteiger partial charge in [0, 0.05) is 12.4 Å². The van der Waals surface area contributed by atoms with Crippen molar-refractivity contribution in [3.05, 3.63) is 36.2 Å². The Balaban J connectivity index is 2.31. The van der Waals surface area contributed by atoms with Gasteiger partial charge in [-0.05, 0) is 24.6 Å². The molecule has 2 rings (SSSR count). The van der Waals surface area contributed by atoms with Crippen LogP contribution in [0.5, 0.6) is 0 Å². The summed E-state index contributed by atoms with van der Waals surface area (Å²) >= 11 is 0. The van der Waals surface area contributed by atoms with Crippen LogP contribution in [0.15, 0.2) is 41.2 Å². The zero-order valence-corrected chi connectivity index (χ0v) is 6.49. The molecule has 11 heavy (non-hydrogen) atoms. The average Bonchev–Trinajstić information content (AvgIpc) is 2.04. The first kappa shape index (κ1) is 6.40. The number of fused-ring (bicyclic) bond motifs is 1. The second kappa shape index (κ2) is 2.38. The maximum atomic E-state index is 4.37. The molecule has 56 valence electrons. The molecule has 2 heteroatoms. The van der Waals surface area contributed by atoms with E-state index in [9.17, 15) is 0 Å². The van der Waals surface area contributed by atoms with Crippen molar-refractivity contribution < 1.29 is 0 Å². The van der Waals surface area contributed by atoms with Gasteiger partial charge in [0.15, 0.2) is 0 Å². The van der Waals surface area contributed by atoms with E-state index in [0.717, 1.165) is 12.4 Å². The van der Waals surface area contributed by atoms with Gasteiger partial charge in [-0.2, -0.15) is 0 Å².